The van der Waals surface area contributed by atoms with Gasteiger partial charge in [0.05, 0.1) is 0 Å². The van der Waals surface area contributed by atoms with E-state index < -0.39 is 12.0 Å². The van der Waals surface area contributed by atoms with E-state index in [0.717, 1.165) is 12.0 Å². The van der Waals surface area contributed by atoms with Crippen LogP contribution < -0.4 is 0 Å². The summed E-state index contributed by atoms with van der Waals surface area (Å²) in [6.07, 6.45) is 1.09. The minimum absolute atomic E-state index is 0.145. The van der Waals surface area contributed by atoms with E-state index in [1.54, 1.807) is 0 Å². The van der Waals surface area contributed by atoms with Gasteiger partial charge in [0.1, 0.15) is 6.04 Å². The number of aliphatic carboxylic acids is 1. The summed E-state index contributed by atoms with van der Waals surface area (Å²) in [5.74, 6) is -1.00. The van der Waals surface area contributed by atoms with Gasteiger partial charge in [-0.25, -0.2) is 4.79 Å². The lowest BCUT2D eigenvalue weighted by Crippen LogP contribution is -2.40. The maximum atomic E-state index is 12.0. The van der Waals surface area contributed by atoms with Gasteiger partial charge in [-0.15, -0.1) is 0 Å². The molecule has 20 heavy (non-hydrogen) atoms. The molecule has 0 saturated carbocycles. The average molecular weight is 298 g/mol. The van der Waals surface area contributed by atoms with Crippen LogP contribution in [0.1, 0.15) is 25.8 Å². The predicted octanol–water partition coefficient (Wildman–Crippen LogP) is 2.84. The first-order chi connectivity index (χ1) is 9.31. The van der Waals surface area contributed by atoms with Crippen molar-refractivity contribution in [2.45, 2.75) is 32.7 Å². The molecule has 0 aromatic heterocycles. The standard InChI is InChI=1S/C15H20ClNO3/c1-10(8-12-4-6-13(16)7-5-12)9-14(18)17(3)11(2)15(19)20/h4-7,10-11H,8-9H2,1-3H3,(H,19,20). The van der Waals surface area contributed by atoms with E-state index in [2.05, 4.69) is 0 Å². The van der Waals surface area contributed by atoms with Gasteiger partial charge < -0.3 is 10.0 Å². The lowest BCUT2D eigenvalue weighted by molar-refractivity contribution is -0.148. The number of carbonyl (C=O) groups excluding carboxylic acids is 1. The molecule has 110 valence electrons. The van der Waals surface area contributed by atoms with Crippen molar-refractivity contribution >= 4 is 23.5 Å². The number of benzene rings is 1. The Morgan fingerprint density at radius 1 is 1.25 bits per heavy atom. The van der Waals surface area contributed by atoms with Crippen LogP contribution in [0.3, 0.4) is 0 Å². The number of hydrogen-bond donors (Lipinski definition) is 1. The Labute approximate surface area is 124 Å². The molecule has 5 heteroatoms. The van der Waals surface area contributed by atoms with Crippen molar-refractivity contribution in [3.05, 3.63) is 34.9 Å². The van der Waals surface area contributed by atoms with Crippen LogP contribution in [0.4, 0.5) is 0 Å². The van der Waals surface area contributed by atoms with Crippen LogP contribution in [-0.4, -0.2) is 35.0 Å². The van der Waals surface area contributed by atoms with Gasteiger partial charge in [0.25, 0.3) is 0 Å². The summed E-state index contributed by atoms with van der Waals surface area (Å²) in [6.45, 7) is 3.48. The molecule has 4 nitrogen and oxygen atoms in total. The number of nitrogens with zero attached hydrogens (tertiary/aromatic N) is 1. The number of hydrogen-bond acceptors (Lipinski definition) is 2. The summed E-state index contributed by atoms with van der Waals surface area (Å²) in [5.41, 5.74) is 1.11. The van der Waals surface area contributed by atoms with Crippen LogP contribution >= 0.6 is 11.6 Å². The van der Waals surface area contributed by atoms with Gasteiger partial charge in [-0.05, 0) is 37.0 Å². The molecule has 0 radical (unpaired) electrons. The summed E-state index contributed by atoms with van der Waals surface area (Å²) in [6, 6.07) is 6.72. The molecule has 1 rings (SSSR count). The van der Waals surface area contributed by atoms with E-state index >= 15 is 0 Å². The van der Waals surface area contributed by atoms with E-state index in [-0.39, 0.29) is 11.8 Å². The van der Waals surface area contributed by atoms with E-state index in [9.17, 15) is 9.59 Å². The molecule has 0 aliphatic heterocycles. The van der Waals surface area contributed by atoms with E-state index in [1.165, 1.54) is 18.9 Å². The Hall–Kier alpha value is -1.55. The largest absolute Gasteiger partial charge is 0.480 e. The number of carboxylic acids is 1. The highest BCUT2D eigenvalue weighted by Gasteiger charge is 2.22. The SMILES string of the molecule is CC(CC(=O)N(C)C(C)C(=O)O)Cc1ccc(Cl)cc1. The number of carbonyl (C=O) groups is 2. The second kappa shape index (κ2) is 7.29. The van der Waals surface area contributed by atoms with Crippen molar-refractivity contribution in [3.63, 3.8) is 0 Å². The molecule has 0 saturated heterocycles. The number of likely N-dealkylation sites (N-methyl/N-ethyl adjacent to an activating group) is 1. The van der Waals surface area contributed by atoms with Crippen molar-refractivity contribution in [2.75, 3.05) is 7.05 Å². The zero-order valence-electron chi connectivity index (χ0n) is 12.0. The maximum absolute atomic E-state index is 12.0. The van der Waals surface area contributed by atoms with Gasteiger partial charge in [0.2, 0.25) is 5.91 Å². The molecule has 0 bridgehead atoms. The predicted molar refractivity (Wildman–Crippen MR) is 78.8 cm³/mol. The molecule has 0 heterocycles. The Morgan fingerprint density at radius 3 is 2.30 bits per heavy atom. The highest BCUT2D eigenvalue weighted by molar-refractivity contribution is 6.30. The molecular formula is C15H20ClNO3. The number of carboxylic acid groups (broad SMARTS) is 1. The zero-order valence-corrected chi connectivity index (χ0v) is 12.7. The maximum Gasteiger partial charge on any atom is 0.326 e. The van der Waals surface area contributed by atoms with Crippen LogP contribution in [0.25, 0.3) is 0 Å². The number of halogens is 1. The third-order valence-corrected chi connectivity index (χ3v) is 3.60. The van der Waals surface area contributed by atoms with Crippen LogP contribution in [0, 0.1) is 5.92 Å². The lowest BCUT2D eigenvalue weighted by Gasteiger charge is -2.23. The number of rotatable bonds is 6. The molecule has 1 aromatic carbocycles. The summed E-state index contributed by atoms with van der Waals surface area (Å²) in [4.78, 5) is 24.1. The van der Waals surface area contributed by atoms with Crippen LogP contribution in [0.2, 0.25) is 5.02 Å². The first-order valence-electron chi connectivity index (χ1n) is 6.54. The highest BCUT2D eigenvalue weighted by atomic mass is 35.5. The zero-order chi connectivity index (χ0) is 15.3. The second-order valence-corrected chi connectivity index (χ2v) is 5.60. The first kappa shape index (κ1) is 16.5. The smallest absolute Gasteiger partial charge is 0.326 e. The van der Waals surface area contributed by atoms with E-state index in [4.69, 9.17) is 16.7 Å². The van der Waals surface area contributed by atoms with Crippen molar-refractivity contribution in [3.8, 4) is 0 Å². The van der Waals surface area contributed by atoms with Crippen molar-refractivity contribution in [1.82, 2.24) is 4.90 Å². The van der Waals surface area contributed by atoms with Gasteiger partial charge in [-0.3, -0.25) is 4.79 Å². The average Bonchev–Trinajstić information content (AvgIpc) is 2.39. The van der Waals surface area contributed by atoms with E-state index in [1.807, 2.05) is 31.2 Å². The Bertz CT molecular complexity index is 473. The fraction of sp³-hybridized carbons (Fsp3) is 0.467. The molecule has 1 aromatic rings. The van der Waals surface area contributed by atoms with Crippen molar-refractivity contribution in [2.24, 2.45) is 5.92 Å². The Morgan fingerprint density at radius 2 is 1.80 bits per heavy atom. The van der Waals surface area contributed by atoms with Gasteiger partial charge in [-0.2, -0.15) is 0 Å². The first-order valence-corrected chi connectivity index (χ1v) is 6.92. The summed E-state index contributed by atoms with van der Waals surface area (Å²) < 4.78 is 0. The van der Waals surface area contributed by atoms with Gasteiger partial charge in [0.15, 0.2) is 0 Å². The van der Waals surface area contributed by atoms with Crippen LogP contribution in [0.5, 0.6) is 0 Å². The minimum Gasteiger partial charge on any atom is -0.480 e. The fourth-order valence-corrected chi connectivity index (χ4v) is 2.04. The normalized spacial score (nSPS) is 13.6. The monoisotopic (exact) mass is 297 g/mol. The van der Waals surface area contributed by atoms with Gasteiger partial charge in [0, 0.05) is 18.5 Å². The summed E-state index contributed by atoms with van der Waals surface area (Å²) >= 11 is 5.82. The molecule has 1 amide bonds. The molecule has 0 spiro atoms. The lowest BCUT2D eigenvalue weighted by atomic mass is 9.97. The third-order valence-electron chi connectivity index (χ3n) is 3.35. The molecule has 2 unspecified atom stereocenters. The molecule has 1 N–H and O–H groups in total. The fourth-order valence-electron chi connectivity index (χ4n) is 1.92. The molecule has 2 atom stereocenters. The van der Waals surface area contributed by atoms with E-state index in [0.29, 0.717) is 11.4 Å². The second-order valence-electron chi connectivity index (χ2n) is 5.16. The van der Waals surface area contributed by atoms with Crippen LogP contribution in [0.15, 0.2) is 24.3 Å². The minimum atomic E-state index is -0.994. The topological polar surface area (TPSA) is 57.6 Å². The quantitative estimate of drug-likeness (QED) is 0.878. The van der Waals surface area contributed by atoms with Gasteiger partial charge >= 0.3 is 5.97 Å². The Kier molecular flexibility index (Phi) is 6.02. The molecule has 0 aliphatic carbocycles. The van der Waals surface area contributed by atoms with Crippen LogP contribution in [-0.2, 0) is 16.0 Å². The van der Waals surface area contributed by atoms with Crippen molar-refractivity contribution < 1.29 is 14.7 Å². The molecule has 0 aliphatic rings. The summed E-state index contributed by atoms with van der Waals surface area (Å²) in [5, 5.41) is 9.58. The summed E-state index contributed by atoms with van der Waals surface area (Å²) in [7, 11) is 1.52. The number of amides is 1. The van der Waals surface area contributed by atoms with Crippen molar-refractivity contribution in [1.29, 1.82) is 0 Å². The third kappa shape index (κ3) is 4.85. The Balaban J connectivity index is 2.53. The van der Waals surface area contributed by atoms with Gasteiger partial charge in [-0.1, -0.05) is 30.7 Å². The molecular weight excluding hydrogens is 278 g/mol. The highest BCUT2D eigenvalue weighted by Crippen LogP contribution is 2.16. The molecule has 0 fully saturated rings.